The summed E-state index contributed by atoms with van der Waals surface area (Å²) in [5.74, 6) is 1.18. The van der Waals surface area contributed by atoms with Crippen LogP contribution in [0.3, 0.4) is 0 Å². The van der Waals surface area contributed by atoms with Crippen LogP contribution in [0.25, 0.3) is 22.4 Å². The van der Waals surface area contributed by atoms with Crippen molar-refractivity contribution in [3.05, 3.63) is 95.8 Å². The Kier molecular flexibility index (Phi) is 11.4. The summed E-state index contributed by atoms with van der Waals surface area (Å²) in [5, 5.41) is 2.93. The largest absolute Gasteiger partial charge is 0.495 e. The van der Waals surface area contributed by atoms with Gasteiger partial charge in [0.2, 0.25) is 5.91 Å². The van der Waals surface area contributed by atoms with Gasteiger partial charge in [-0.15, -0.1) is 0 Å². The number of amides is 3. The van der Waals surface area contributed by atoms with E-state index in [9.17, 15) is 14.4 Å². The van der Waals surface area contributed by atoms with E-state index in [1.54, 1.807) is 54.7 Å². The van der Waals surface area contributed by atoms with E-state index in [0.717, 1.165) is 62.1 Å². The fourth-order valence-electron chi connectivity index (χ4n) is 6.25. The number of ether oxygens (including phenoxy) is 2. The third kappa shape index (κ3) is 8.40. The molecule has 0 bridgehead atoms. The molecule has 1 aliphatic rings. The van der Waals surface area contributed by atoms with Gasteiger partial charge in [-0.25, -0.2) is 4.98 Å². The van der Waals surface area contributed by atoms with Crippen molar-refractivity contribution in [2.75, 3.05) is 64.2 Å². The molecular formula is C40H45N7O5. The summed E-state index contributed by atoms with van der Waals surface area (Å²) in [4.78, 5) is 57.6. The number of hydrogen-bond donors (Lipinski definition) is 2. The van der Waals surface area contributed by atoms with Crippen LogP contribution in [0.2, 0.25) is 0 Å². The van der Waals surface area contributed by atoms with E-state index in [1.165, 1.54) is 7.11 Å². The van der Waals surface area contributed by atoms with Crippen LogP contribution in [-0.4, -0.2) is 96.5 Å². The number of imidazole rings is 1. The van der Waals surface area contributed by atoms with Crippen molar-refractivity contribution in [1.82, 2.24) is 24.8 Å². The van der Waals surface area contributed by atoms with Gasteiger partial charge in [0, 0.05) is 63.2 Å². The molecule has 3 heterocycles. The van der Waals surface area contributed by atoms with Crippen LogP contribution < -0.4 is 19.7 Å². The van der Waals surface area contributed by atoms with Gasteiger partial charge in [0.25, 0.3) is 11.8 Å². The van der Waals surface area contributed by atoms with Crippen molar-refractivity contribution in [3.63, 3.8) is 0 Å². The first-order valence-electron chi connectivity index (χ1n) is 17.6. The average molecular weight is 704 g/mol. The van der Waals surface area contributed by atoms with Gasteiger partial charge in [0.05, 0.1) is 36.2 Å². The first-order chi connectivity index (χ1) is 25.2. The van der Waals surface area contributed by atoms with E-state index in [0.29, 0.717) is 58.4 Å². The molecule has 0 saturated carbocycles. The molecule has 3 aromatic carbocycles. The number of likely N-dealkylation sites (N-methyl/N-ethyl adjacent to an activating group) is 1. The summed E-state index contributed by atoms with van der Waals surface area (Å²) in [6.45, 7) is 5.90. The molecule has 0 radical (unpaired) electrons. The van der Waals surface area contributed by atoms with E-state index in [2.05, 4.69) is 27.2 Å². The summed E-state index contributed by atoms with van der Waals surface area (Å²) in [7, 11) is 5.28. The van der Waals surface area contributed by atoms with Crippen LogP contribution in [-0.2, 0) is 4.79 Å². The lowest BCUT2D eigenvalue weighted by Gasteiger charge is -2.32. The lowest BCUT2D eigenvalue weighted by molar-refractivity contribution is -0.132. The van der Waals surface area contributed by atoms with Crippen molar-refractivity contribution in [2.45, 2.75) is 32.6 Å². The number of aryl methyl sites for hydroxylation is 1. The van der Waals surface area contributed by atoms with Gasteiger partial charge in [0.15, 0.2) is 0 Å². The van der Waals surface area contributed by atoms with E-state index in [4.69, 9.17) is 14.5 Å². The Balaban J connectivity index is 1.08. The van der Waals surface area contributed by atoms with E-state index >= 15 is 0 Å². The normalized spacial score (nSPS) is 13.2. The maximum atomic E-state index is 13.8. The summed E-state index contributed by atoms with van der Waals surface area (Å²) in [6, 6.07) is 19.7. The molecule has 0 aliphatic carbocycles. The van der Waals surface area contributed by atoms with E-state index < -0.39 is 0 Å². The number of fused-ring (bicyclic) bond motifs is 1. The highest BCUT2D eigenvalue weighted by atomic mass is 16.5. The number of pyridine rings is 1. The molecule has 1 saturated heterocycles. The van der Waals surface area contributed by atoms with Gasteiger partial charge in [-0.2, -0.15) is 0 Å². The molecule has 52 heavy (non-hydrogen) atoms. The zero-order chi connectivity index (χ0) is 36.6. The van der Waals surface area contributed by atoms with Gasteiger partial charge in [-0.1, -0.05) is 12.1 Å². The Bertz CT molecular complexity index is 2040. The molecule has 6 rings (SSSR count). The van der Waals surface area contributed by atoms with E-state index in [1.807, 2.05) is 48.2 Å². The molecule has 12 nitrogen and oxygen atoms in total. The molecule has 0 spiro atoms. The molecule has 0 atom stereocenters. The number of rotatable bonds is 13. The fourth-order valence-corrected chi connectivity index (χ4v) is 6.25. The van der Waals surface area contributed by atoms with Crippen LogP contribution in [0.1, 0.15) is 52.0 Å². The monoisotopic (exact) mass is 703 g/mol. The van der Waals surface area contributed by atoms with E-state index in [-0.39, 0.29) is 17.7 Å². The minimum atomic E-state index is -0.365. The number of carbonyl (C=O) groups excluding carboxylic acids is 3. The molecule has 270 valence electrons. The number of nitrogens with one attached hydrogen (secondary N) is 2. The van der Waals surface area contributed by atoms with Gasteiger partial charge in [-0.05, 0) is 93.4 Å². The van der Waals surface area contributed by atoms with Gasteiger partial charge in [0.1, 0.15) is 22.8 Å². The smallest absolute Gasteiger partial charge is 0.258 e. The summed E-state index contributed by atoms with van der Waals surface area (Å²) in [5.41, 5.74) is 4.95. The Morgan fingerprint density at radius 1 is 0.923 bits per heavy atom. The van der Waals surface area contributed by atoms with Crippen LogP contribution in [0.15, 0.2) is 79.1 Å². The SMILES string of the molecule is COc1cc(C(=O)N(C)c2ccc(C)cc2OCCCCCC(=O)N2CCN(C)CC2)ccc1NC(=O)c1cccc2[nH]c(-c3ccncc3)nc12. The molecular weight excluding hydrogens is 658 g/mol. The average Bonchev–Trinajstić information content (AvgIpc) is 3.61. The molecule has 5 aromatic rings. The third-order valence-corrected chi connectivity index (χ3v) is 9.34. The second-order valence-electron chi connectivity index (χ2n) is 13.1. The number of benzene rings is 3. The number of para-hydroxylation sites is 1. The fraction of sp³-hybridized carbons (Fsp3) is 0.325. The second-order valence-corrected chi connectivity index (χ2v) is 13.1. The lowest BCUT2D eigenvalue weighted by atomic mass is 10.1. The highest BCUT2D eigenvalue weighted by Gasteiger charge is 2.22. The maximum absolute atomic E-state index is 13.8. The number of hydrogen-bond acceptors (Lipinski definition) is 8. The highest BCUT2D eigenvalue weighted by molar-refractivity contribution is 6.13. The predicted octanol–water partition coefficient (Wildman–Crippen LogP) is 6.18. The summed E-state index contributed by atoms with van der Waals surface area (Å²) in [6.07, 6.45) is 6.42. The summed E-state index contributed by atoms with van der Waals surface area (Å²) >= 11 is 0. The molecule has 2 N–H and O–H groups in total. The summed E-state index contributed by atoms with van der Waals surface area (Å²) < 4.78 is 11.8. The number of piperazine rings is 1. The number of methoxy groups -OCH3 is 1. The van der Waals surface area contributed by atoms with Crippen LogP contribution in [0.4, 0.5) is 11.4 Å². The van der Waals surface area contributed by atoms with Gasteiger partial charge < -0.3 is 34.5 Å². The Labute approximate surface area is 303 Å². The minimum Gasteiger partial charge on any atom is -0.495 e. The quantitative estimate of drug-likeness (QED) is 0.139. The van der Waals surface area contributed by atoms with Crippen molar-refractivity contribution >= 4 is 40.1 Å². The molecule has 12 heteroatoms. The molecule has 0 unspecified atom stereocenters. The zero-order valence-electron chi connectivity index (χ0n) is 30.1. The number of nitrogens with zero attached hydrogens (tertiary/aromatic N) is 5. The Morgan fingerprint density at radius 3 is 2.48 bits per heavy atom. The topological polar surface area (TPSA) is 133 Å². The van der Waals surface area contributed by atoms with Crippen molar-refractivity contribution in [1.29, 1.82) is 0 Å². The standard InChI is InChI=1S/C40H45N7O5/c1-27-12-15-33(35(25-27)52-24-7-5-6-11-36(48)47-22-20-45(2)21-23-47)46(3)40(50)29-13-14-31(34(26-29)51-4)43-39(49)30-9-8-10-32-37(30)44-38(42-32)28-16-18-41-19-17-28/h8-10,12-19,25-26H,5-7,11,20-24H2,1-4H3,(H,42,44)(H,43,49). The number of unbranched alkanes of at least 4 members (excludes halogenated alkanes) is 2. The molecule has 2 aromatic heterocycles. The minimum absolute atomic E-state index is 0.227. The third-order valence-electron chi connectivity index (χ3n) is 9.34. The van der Waals surface area contributed by atoms with Crippen LogP contribution in [0.5, 0.6) is 11.5 Å². The lowest BCUT2D eigenvalue weighted by Crippen LogP contribution is -2.47. The molecule has 3 amide bonds. The Morgan fingerprint density at radius 2 is 1.71 bits per heavy atom. The Hall–Kier alpha value is -5.75. The maximum Gasteiger partial charge on any atom is 0.258 e. The first-order valence-corrected chi connectivity index (χ1v) is 17.6. The van der Waals surface area contributed by atoms with Crippen molar-refractivity contribution < 1.29 is 23.9 Å². The number of aromatic nitrogens is 3. The second kappa shape index (κ2) is 16.5. The molecule has 1 fully saturated rings. The van der Waals surface area contributed by atoms with Gasteiger partial charge in [-0.3, -0.25) is 19.4 Å². The number of H-pyrrole nitrogens is 1. The number of anilines is 2. The highest BCUT2D eigenvalue weighted by Crippen LogP contribution is 2.32. The van der Waals surface area contributed by atoms with Crippen molar-refractivity contribution in [2.24, 2.45) is 0 Å². The number of carbonyl (C=O) groups is 3. The van der Waals surface area contributed by atoms with Crippen LogP contribution >= 0.6 is 0 Å². The number of aromatic amines is 1. The van der Waals surface area contributed by atoms with Crippen molar-refractivity contribution in [3.8, 4) is 22.9 Å². The van der Waals surface area contributed by atoms with Gasteiger partial charge >= 0.3 is 0 Å². The zero-order valence-corrected chi connectivity index (χ0v) is 30.1. The molecule has 1 aliphatic heterocycles. The van der Waals surface area contributed by atoms with Crippen LogP contribution in [0, 0.1) is 6.92 Å². The first kappa shape index (κ1) is 36.1. The predicted molar refractivity (Wildman–Crippen MR) is 202 cm³/mol.